The van der Waals surface area contributed by atoms with Crippen LogP contribution in [0.3, 0.4) is 0 Å². The predicted octanol–water partition coefficient (Wildman–Crippen LogP) is 0.116. The normalized spacial score (nSPS) is 9.94. The molecule has 104 valence electrons. The van der Waals surface area contributed by atoms with Gasteiger partial charge in [0, 0.05) is 33.8 Å². The molecule has 0 saturated heterocycles. The molecule has 18 heavy (non-hydrogen) atoms. The minimum atomic E-state index is -0.0957. The van der Waals surface area contributed by atoms with Crippen molar-refractivity contribution in [1.29, 1.82) is 0 Å². The number of nitrogens with one attached hydrogen (secondary N) is 2. The van der Waals surface area contributed by atoms with Gasteiger partial charge in [-0.05, 0) is 13.0 Å². The van der Waals surface area contributed by atoms with Crippen molar-refractivity contribution in [2.75, 3.05) is 33.4 Å². The molecular formula is C11H21ClN4O2. The van der Waals surface area contributed by atoms with E-state index in [0.717, 1.165) is 18.8 Å². The molecule has 0 aromatic carbocycles. The maximum atomic E-state index is 11.7. The van der Waals surface area contributed by atoms with Gasteiger partial charge in [0.05, 0.1) is 12.3 Å². The van der Waals surface area contributed by atoms with Crippen LogP contribution in [0, 0.1) is 6.92 Å². The van der Waals surface area contributed by atoms with Crippen molar-refractivity contribution in [2.24, 2.45) is 7.05 Å². The fourth-order valence-corrected chi connectivity index (χ4v) is 1.48. The average Bonchev–Trinajstić information content (AvgIpc) is 2.62. The van der Waals surface area contributed by atoms with E-state index in [1.54, 1.807) is 24.9 Å². The maximum absolute atomic E-state index is 11.7. The molecule has 1 amide bonds. The van der Waals surface area contributed by atoms with E-state index in [9.17, 15) is 4.79 Å². The number of amides is 1. The molecule has 0 unspecified atom stereocenters. The lowest BCUT2D eigenvalue weighted by molar-refractivity contribution is 0.0944. The fourth-order valence-electron chi connectivity index (χ4n) is 1.48. The first kappa shape index (κ1) is 16.9. The lowest BCUT2D eigenvalue weighted by atomic mass is 10.3. The molecule has 1 heterocycles. The van der Waals surface area contributed by atoms with Gasteiger partial charge in [-0.1, -0.05) is 0 Å². The molecule has 1 aromatic rings. The van der Waals surface area contributed by atoms with E-state index < -0.39 is 0 Å². The molecular weight excluding hydrogens is 256 g/mol. The van der Waals surface area contributed by atoms with Crippen LogP contribution < -0.4 is 10.6 Å². The largest absolute Gasteiger partial charge is 0.383 e. The van der Waals surface area contributed by atoms with E-state index in [4.69, 9.17) is 4.74 Å². The molecule has 6 nitrogen and oxygen atoms in total. The van der Waals surface area contributed by atoms with Gasteiger partial charge in [0.15, 0.2) is 0 Å². The highest BCUT2D eigenvalue weighted by Gasteiger charge is 2.10. The topological polar surface area (TPSA) is 68.2 Å². The third-order valence-corrected chi connectivity index (χ3v) is 2.30. The van der Waals surface area contributed by atoms with E-state index in [1.807, 2.05) is 6.92 Å². The van der Waals surface area contributed by atoms with Crippen molar-refractivity contribution in [3.8, 4) is 0 Å². The van der Waals surface area contributed by atoms with Crippen LogP contribution in [0.5, 0.6) is 0 Å². The smallest absolute Gasteiger partial charge is 0.269 e. The zero-order chi connectivity index (χ0) is 12.7. The Bertz CT molecular complexity index is 368. The summed E-state index contributed by atoms with van der Waals surface area (Å²) in [7, 11) is 3.42. The Balaban J connectivity index is 0.00000289. The maximum Gasteiger partial charge on any atom is 0.269 e. The third-order valence-electron chi connectivity index (χ3n) is 2.30. The molecule has 0 aliphatic heterocycles. The Morgan fingerprint density at radius 3 is 2.72 bits per heavy atom. The summed E-state index contributed by atoms with van der Waals surface area (Å²) in [5.74, 6) is -0.0957. The molecule has 0 spiro atoms. The molecule has 0 aliphatic rings. The van der Waals surface area contributed by atoms with Crippen LogP contribution >= 0.6 is 12.4 Å². The van der Waals surface area contributed by atoms with Gasteiger partial charge in [-0.25, -0.2) is 0 Å². The van der Waals surface area contributed by atoms with Gasteiger partial charge in [0.25, 0.3) is 5.91 Å². The Kier molecular flexibility index (Phi) is 8.36. The number of rotatable bonds is 7. The summed E-state index contributed by atoms with van der Waals surface area (Å²) in [6.45, 7) is 4.65. The Hall–Kier alpha value is -1.11. The summed E-state index contributed by atoms with van der Waals surface area (Å²) in [4.78, 5) is 11.7. The first-order chi connectivity index (χ1) is 8.15. The van der Waals surface area contributed by atoms with Crippen molar-refractivity contribution in [3.63, 3.8) is 0 Å². The molecule has 7 heteroatoms. The minimum Gasteiger partial charge on any atom is -0.383 e. The van der Waals surface area contributed by atoms with Gasteiger partial charge >= 0.3 is 0 Å². The van der Waals surface area contributed by atoms with Gasteiger partial charge in [0.1, 0.15) is 5.69 Å². The van der Waals surface area contributed by atoms with Gasteiger partial charge in [0.2, 0.25) is 0 Å². The van der Waals surface area contributed by atoms with Crippen molar-refractivity contribution in [1.82, 2.24) is 20.4 Å². The van der Waals surface area contributed by atoms with Crippen LogP contribution in [0.15, 0.2) is 6.07 Å². The number of carbonyl (C=O) groups is 1. The molecule has 0 saturated carbocycles. The number of halogens is 1. The molecule has 2 N–H and O–H groups in total. The second-order valence-electron chi connectivity index (χ2n) is 3.79. The second-order valence-corrected chi connectivity index (χ2v) is 3.79. The number of aromatic nitrogens is 2. The quantitative estimate of drug-likeness (QED) is 0.694. The summed E-state index contributed by atoms with van der Waals surface area (Å²) in [6, 6.07) is 1.77. The molecule has 0 radical (unpaired) electrons. The number of hydrogen-bond donors (Lipinski definition) is 2. The summed E-state index contributed by atoms with van der Waals surface area (Å²) >= 11 is 0. The Labute approximate surface area is 113 Å². The van der Waals surface area contributed by atoms with Gasteiger partial charge < -0.3 is 15.4 Å². The van der Waals surface area contributed by atoms with Gasteiger partial charge in [-0.3, -0.25) is 9.48 Å². The molecule has 0 bridgehead atoms. The number of methoxy groups -OCH3 is 1. The van der Waals surface area contributed by atoms with Crippen molar-refractivity contribution in [2.45, 2.75) is 6.92 Å². The molecule has 1 rings (SSSR count). The zero-order valence-electron chi connectivity index (χ0n) is 11.0. The predicted molar refractivity (Wildman–Crippen MR) is 72.3 cm³/mol. The zero-order valence-corrected chi connectivity index (χ0v) is 11.8. The Morgan fingerprint density at radius 2 is 2.17 bits per heavy atom. The number of aryl methyl sites for hydroxylation is 2. The van der Waals surface area contributed by atoms with E-state index in [0.29, 0.717) is 18.8 Å². The highest BCUT2D eigenvalue weighted by atomic mass is 35.5. The molecule has 0 fully saturated rings. The van der Waals surface area contributed by atoms with Crippen LogP contribution in [-0.4, -0.2) is 49.0 Å². The van der Waals surface area contributed by atoms with Crippen molar-refractivity contribution in [3.05, 3.63) is 17.5 Å². The summed E-state index contributed by atoms with van der Waals surface area (Å²) in [5.41, 5.74) is 1.43. The monoisotopic (exact) mass is 276 g/mol. The van der Waals surface area contributed by atoms with Crippen LogP contribution in [-0.2, 0) is 11.8 Å². The van der Waals surface area contributed by atoms with Crippen LogP contribution in [0.4, 0.5) is 0 Å². The molecule has 1 aromatic heterocycles. The van der Waals surface area contributed by atoms with E-state index >= 15 is 0 Å². The summed E-state index contributed by atoms with van der Waals surface area (Å²) in [5, 5.41) is 10.1. The van der Waals surface area contributed by atoms with Crippen molar-refractivity contribution < 1.29 is 9.53 Å². The van der Waals surface area contributed by atoms with Gasteiger partial charge in [-0.15, -0.1) is 12.4 Å². The fraction of sp³-hybridized carbons (Fsp3) is 0.636. The first-order valence-corrected chi connectivity index (χ1v) is 5.63. The second kappa shape index (κ2) is 8.91. The minimum absolute atomic E-state index is 0. The molecule has 0 aliphatic carbocycles. The van der Waals surface area contributed by atoms with E-state index in [2.05, 4.69) is 15.7 Å². The standard InChI is InChI=1S/C11H20N4O2.ClH/c1-9-8-10(15(2)14-9)11(16)13-5-4-12-6-7-17-3;/h8,12H,4-7H2,1-3H3,(H,13,16);1H. The SMILES string of the molecule is COCCNCCNC(=O)c1cc(C)nn1C.Cl. The highest BCUT2D eigenvalue weighted by Crippen LogP contribution is 2.00. The lowest BCUT2D eigenvalue weighted by Gasteiger charge is -2.06. The van der Waals surface area contributed by atoms with Crippen LogP contribution in [0.2, 0.25) is 0 Å². The summed E-state index contributed by atoms with van der Waals surface area (Å²) in [6.07, 6.45) is 0. The van der Waals surface area contributed by atoms with E-state index in [-0.39, 0.29) is 18.3 Å². The van der Waals surface area contributed by atoms with Crippen LogP contribution in [0.1, 0.15) is 16.2 Å². The van der Waals surface area contributed by atoms with Crippen molar-refractivity contribution >= 4 is 18.3 Å². The first-order valence-electron chi connectivity index (χ1n) is 5.63. The summed E-state index contributed by atoms with van der Waals surface area (Å²) < 4.78 is 6.48. The average molecular weight is 277 g/mol. The Morgan fingerprint density at radius 1 is 1.44 bits per heavy atom. The lowest BCUT2D eigenvalue weighted by Crippen LogP contribution is -2.33. The van der Waals surface area contributed by atoms with Gasteiger partial charge in [-0.2, -0.15) is 5.10 Å². The number of ether oxygens (including phenoxy) is 1. The van der Waals surface area contributed by atoms with Crippen LogP contribution in [0.25, 0.3) is 0 Å². The number of carbonyl (C=O) groups excluding carboxylic acids is 1. The molecule has 0 atom stereocenters. The number of nitrogens with zero attached hydrogens (tertiary/aromatic N) is 2. The highest BCUT2D eigenvalue weighted by molar-refractivity contribution is 5.92. The van der Waals surface area contributed by atoms with E-state index in [1.165, 1.54) is 0 Å². The number of hydrogen-bond acceptors (Lipinski definition) is 4. The third kappa shape index (κ3) is 5.48.